The molecule has 3 rings (SSSR count). The number of pyridine rings is 1. The first-order valence-corrected chi connectivity index (χ1v) is 5.88. The van der Waals surface area contributed by atoms with E-state index in [1.54, 1.807) is 6.20 Å². The van der Waals surface area contributed by atoms with E-state index in [0.29, 0.717) is 11.5 Å². The van der Waals surface area contributed by atoms with Crippen LogP contribution >= 0.6 is 0 Å². The average Bonchev–Trinajstić information content (AvgIpc) is 2.82. The molecular formula is C12H13N5. The maximum absolute atomic E-state index is 8.85. The van der Waals surface area contributed by atoms with Gasteiger partial charge in [0.2, 0.25) is 5.82 Å². The predicted molar refractivity (Wildman–Crippen MR) is 64.7 cm³/mol. The molecule has 0 atom stereocenters. The van der Waals surface area contributed by atoms with E-state index in [1.807, 2.05) is 12.1 Å². The lowest BCUT2D eigenvalue weighted by molar-refractivity contribution is 0.578. The van der Waals surface area contributed by atoms with Crippen LogP contribution in [0.4, 0.5) is 5.69 Å². The summed E-state index contributed by atoms with van der Waals surface area (Å²) >= 11 is 0. The monoisotopic (exact) mass is 227 g/mol. The summed E-state index contributed by atoms with van der Waals surface area (Å²) in [6, 6.07) is 4.01. The van der Waals surface area contributed by atoms with Gasteiger partial charge in [-0.15, -0.1) is 0 Å². The van der Waals surface area contributed by atoms with E-state index in [9.17, 15) is 0 Å². The molecule has 1 N–H and O–H groups in total. The minimum atomic E-state index is 0.331. The summed E-state index contributed by atoms with van der Waals surface area (Å²) in [6.45, 7) is 2.14. The number of piperidine rings is 1. The second kappa shape index (κ2) is 4.06. The summed E-state index contributed by atoms with van der Waals surface area (Å²) < 4.78 is 0. The van der Waals surface area contributed by atoms with Crippen LogP contribution in [0.15, 0.2) is 12.3 Å². The molecule has 1 aliphatic heterocycles. The fourth-order valence-electron chi connectivity index (χ4n) is 2.35. The van der Waals surface area contributed by atoms with Crippen LogP contribution in [0, 0.1) is 11.3 Å². The Bertz CT molecular complexity index is 574. The SMILES string of the molecule is N#Cc1nc2nccc(N3CCCCC3)c2[nH]1. The molecule has 1 saturated heterocycles. The zero-order valence-electron chi connectivity index (χ0n) is 9.48. The number of anilines is 1. The number of nitriles is 1. The fourth-order valence-corrected chi connectivity index (χ4v) is 2.35. The van der Waals surface area contributed by atoms with Gasteiger partial charge in [0, 0.05) is 19.3 Å². The number of hydrogen-bond acceptors (Lipinski definition) is 4. The average molecular weight is 227 g/mol. The number of H-pyrrole nitrogens is 1. The predicted octanol–water partition coefficient (Wildman–Crippen LogP) is 1.82. The number of rotatable bonds is 1. The van der Waals surface area contributed by atoms with Gasteiger partial charge in [0.15, 0.2) is 5.65 Å². The summed E-state index contributed by atoms with van der Waals surface area (Å²) in [7, 11) is 0. The Hall–Kier alpha value is -2.09. The maximum atomic E-state index is 8.85. The lowest BCUT2D eigenvalue weighted by Gasteiger charge is -2.28. The third-order valence-corrected chi connectivity index (χ3v) is 3.17. The minimum Gasteiger partial charge on any atom is -0.370 e. The second-order valence-electron chi connectivity index (χ2n) is 4.27. The normalized spacial score (nSPS) is 16.1. The number of hydrogen-bond donors (Lipinski definition) is 1. The molecule has 0 aliphatic carbocycles. The van der Waals surface area contributed by atoms with Crippen molar-refractivity contribution in [2.75, 3.05) is 18.0 Å². The molecule has 3 heterocycles. The number of aromatic amines is 1. The number of aromatic nitrogens is 3. The van der Waals surface area contributed by atoms with Crippen molar-refractivity contribution in [2.45, 2.75) is 19.3 Å². The van der Waals surface area contributed by atoms with Crippen molar-refractivity contribution in [3.8, 4) is 6.07 Å². The lowest BCUT2D eigenvalue weighted by Crippen LogP contribution is -2.29. The summed E-state index contributed by atoms with van der Waals surface area (Å²) in [5.41, 5.74) is 2.62. The van der Waals surface area contributed by atoms with Crippen LogP contribution in [-0.4, -0.2) is 28.0 Å². The van der Waals surface area contributed by atoms with Crippen LogP contribution in [0.3, 0.4) is 0 Å². The highest BCUT2D eigenvalue weighted by atomic mass is 15.2. The Labute approximate surface area is 99.1 Å². The van der Waals surface area contributed by atoms with E-state index in [4.69, 9.17) is 5.26 Å². The molecule has 0 aromatic carbocycles. The molecule has 17 heavy (non-hydrogen) atoms. The zero-order valence-corrected chi connectivity index (χ0v) is 9.48. The summed E-state index contributed by atoms with van der Waals surface area (Å²) in [6.07, 6.45) is 5.51. The van der Waals surface area contributed by atoms with E-state index < -0.39 is 0 Å². The highest BCUT2D eigenvalue weighted by molar-refractivity contribution is 5.86. The summed E-state index contributed by atoms with van der Waals surface area (Å²) in [4.78, 5) is 13.7. The largest absolute Gasteiger partial charge is 0.370 e. The van der Waals surface area contributed by atoms with E-state index >= 15 is 0 Å². The quantitative estimate of drug-likeness (QED) is 0.806. The number of nitrogens with zero attached hydrogens (tertiary/aromatic N) is 4. The van der Waals surface area contributed by atoms with Gasteiger partial charge in [-0.05, 0) is 25.3 Å². The zero-order chi connectivity index (χ0) is 11.7. The van der Waals surface area contributed by atoms with E-state index in [1.165, 1.54) is 19.3 Å². The topological polar surface area (TPSA) is 68.6 Å². The van der Waals surface area contributed by atoms with E-state index in [-0.39, 0.29) is 0 Å². The Kier molecular flexibility index (Phi) is 2.41. The molecule has 0 amide bonds. The van der Waals surface area contributed by atoms with Crippen molar-refractivity contribution in [2.24, 2.45) is 0 Å². The van der Waals surface area contributed by atoms with Crippen molar-refractivity contribution >= 4 is 16.9 Å². The number of imidazole rings is 1. The van der Waals surface area contributed by atoms with Crippen LogP contribution in [0.25, 0.3) is 11.2 Å². The lowest BCUT2D eigenvalue weighted by atomic mass is 10.1. The van der Waals surface area contributed by atoms with Crippen molar-refractivity contribution in [1.29, 1.82) is 5.26 Å². The molecule has 0 spiro atoms. The van der Waals surface area contributed by atoms with Gasteiger partial charge in [0.05, 0.1) is 5.69 Å². The third-order valence-electron chi connectivity index (χ3n) is 3.17. The van der Waals surface area contributed by atoms with Crippen molar-refractivity contribution in [3.05, 3.63) is 18.1 Å². The molecular weight excluding hydrogens is 214 g/mol. The van der Waals surface area contributed by atoms with Crippen molar-refractivity contribution in [3.63, 3.8) is 0 Å². The third kappa shape index (κ3) is 1.72. The number of nitrogens with one attached hydrogen (secondary N) is 1. The van der Waals surface area contributed by atoms with Gasteiger partial charge in [-0.25, -0.2) is 4.98 Å². The first kappa shape index (κ1) is 10.1. The van der Waals surface area contributed by atoms with Gasteiger partial charge in [0.1, 0.15) is 11.6 Å². The van der Waals surface area contributed by atoms with E-state index in [0.717, 1.165) is 24.3 Å². The molecule has 5 heteroatoms. The van der Waals surface area contributed by atoms with Crippen molar-refractivity contribution < 1.29 is 0 Å². The van der Waals surface area contributed by atoms with Crippen LogP contribution in [-0.2, 0) is 0 Å². The number of fused-ring (bicyclic) bond motifs is 1. The summed E-state index contributed by atoms with van der Waals surface area (Å²) in [5, 5.41) is 8.85. The highest BCUT2D eigenvalue weighted by Crippen LogP contribution is 2.26. The van der Waals surface area contributed by atoms with Gasteiger partial charge in [-0.2, -0.15) is 10.2 Å². The first-order valence-electron chi connectivity index (χ1n) is 5.88. The molecule has 0 bridgehead atoms. The standard InChI is InChI=1S/C12H13N5/c13-8-10-15-11-9(4-5-14-12(11)16-10)17-6-2-1-3-7-17/h4-5H,1-3,6-7H2,(H,14,15,16). The summed E-state index contributed by atoms with van der Waals surface area (Å²) in [5.74, 6) is 0.331. The van der Waals surface area contributed by atoms with Gasteiger partial charge in [-0.3, -0.25) is 0 Å². The van der Waals surface area contributed by atoms with Gasteiger partial charge in [0.25, 0.3) is 0 Å². The molecule has 0 saturated carbocycles. The van der Waals surface area contributed by atoms with Crippen LogP contribution in [0.1, 0.15) is 25.1 Å². The molecule has 2 aromatic heterocycles. The van der Waals surface area contributed by atoms with Crippen LogP contribution in [0.5, 0.6) is 0 Å². The van der Waals surface area contributed by atoms with Gasteiger partial charge < -0.3 is 9.88 Å². The fraction of sp³-hybridized carbons (Fsp3) is 0.417. The Morgan fingerprint density at radius 3 is 2.88 bits per heavy atom. The van der Waals surface area contributed by atoms with Crippen LogP contribution < -0.4 is 4.90 Å². The van der Waals surface area contributed by atoms with Gasteiger partial charge >= 0.3 is 0 Å². The smallest absolute Gasteiger partial charge is 0.212 e. The Balaban J connectivity index is 2.09. The molecule has 1 aliphatic rings. The van der Waals surface area contributed by atoms with Gasteiger partial charge in [-0.1, -0.05) is 0 Å². The molecule has 2 aromatic rings. The Morgan fingerprint density at radius 2 is 2.12 bits per heavy atom. The van der Waals surface area contributed by atoms with Crippen LogP contribution in [0.2, 0.25) is 0 Å². The Morgan fingerprint density at radius 1 is 1.29 bits per heavy atom. The molecule has 86 valence electrons. The first-order chi connectivity index (χ1) is 8.38. The highest BCUT2D eigenvalue weighted by Gasteiger charge is 2.15. The van der Waals surface area contributed by atoms with Crippen molar-refractivity contribution in [1.82, 2.24) is 15.0 Å². The molecule has 1 fully saturated rings. The minimum absolute atomic E-state index is 0.331. The van der Waals surface area contributed by atoms with E-state index in [2.05, 4.69) is 19.9 Å². The molecule has 0 unspecified atom stereocenters. The second-order valence-corrected chi connectivity index (χ2v) is 4.27. The molecule has 5 nitrogen and oxygen atoms in total. The maximum Gasteiger partial charge on any atom is 0.212 e. The molecule has 0 radical (unpaired) electrons.